The van der Waals surface area contributed by atoms with Gasteiger partial charge < -0.3 is 19.3 Å². The second-order valence-corrected chi connectivity index (χ2v) is 13.2. The number of nitrogens with zero attached hydrogens (tertiary/aromatic N) is 3. The van der Waals surface area contributed by atoms with Crippen molar-refractivity contribution in [3.8, 4) is 17.2 Å². The number of fused-ring (bicyclic) bond motifs is 1. The quantitative estimate of drug-likeness (QED) is 0.0556. The number of halogens is 1. The molecular weight excluding hydrogens is 658 g/mol. The van der Waals surface area contributed by atoms with E-state index in [1.165, 1.54) is 28.0 Å². The van der Waals surface area contributed by atoms with E-state index in [4.69, 9.17) is 25.8 Å². The van der Waals surface area contributed by atoms with Gasteiger partial charge in [-0.25, -0.2) is 0 Å². The summed E-state index contributed by atoms with van der Waals surface area (Å²) in [6.07, 6.45) is 0. The zero-order chi connectivity index (χ0) is 32.3. The average Bonchev–Trinajstić information content (AvgIpc) is 3.68. The molecule has 0 saturated carbocycles. The van der Waals surface area contributed by atoms with Crippen molar-refractivity contribution >= 4 is 57.3 Å². The first-order chi connectivity index (χ1) is 23.0. The number of hydrogen-bond acceptors (Lipinski definition) is 10. The van der Waals surface area contributed by atoms with E-state index in [2.05, 4.69) is 10.2 Å². The van der Waals surface area contributed by atoms with Crippen LogP contribution in [0.3, 0.4) is 0 Å². The molecule has 1 atom stereocenters. The molecule has 4 aromatic carbocycles. The molecule has 0 unspecified atom stereocenters. The van der Waals surface area contributed by atoms with E-state index < -0.39 is 17.7 Å². The summed E-state index contributed by atoms with van der Waals surface area (Å²) in [5.41, 5.74) is 2.69. The van der Waals surface area contributed by atoms with Gasteiger partial charge in [-0.15, -0.1) is 10.2 Å². The molecule has 0 radical (unpaired) electrons. The van der Waals surface area contributed by atoms with Crippen LogP contribution in [0.15, 0.2) is 107 Å². The first-order valence-corrected chi connectivity index (χ1v) is 16.8. The van der Waals surface area contributed by atoms with E-state index in [-0.39, 0.29) is 16.5 Å². The Morgan fingerprint density at radius 3 is 2.55 bits per heavy atom. The number of rotatable bonds is 9. The van der Waals surface area contributed by atoms with Gasteiger partial charge in [0.05, 0.1) is 11.6 Å². The molecule has 3 heterocycles. The number of carbonyl (C=O) groups is 2. The van der Waals surface area contributed by atoms with E-state index >= 15 is 0 Å². The number of aliphatic hydroxyl groups excluding tert-OH is 1. The number of amides is 1. The maximum Gasteiger partial charge on any atom is 0.301 e. The maximum absolute atomic E-state index is 13.8. The van der Waals surface area contributed by atoms with E-state index in [9.17, 15) is 14.7 Å². The van der Waals surface area contributed by atoms with Gasteiger partial charge in [-0.05, 0) is 53.1 Å². The predicted molar refractivity (Wildman–Crippen MR) is 180 cm³/mol. The third kappa shape index (κ3) is 6.42. The molecule has 1 aromatic heterocycles. The van der Waals surface area contributed by atoms with Gasteiger partial charge in [-0.3, -0.25) is 14.5 Å². The molecule has 236 valence electrons. The highest BCUT2D eigenvalue weighted by molar-refractivity contribution is 8.00. The Hall–Kier alpha value is -4.84. The summed E-state index contributed by atoms with van der Waals surface area (Å²) in [5.74, 6) is 0.0183. The third-order valence-electron chi connectivity index (χ3n) is 7.59. The van der Waals surface area contributed by atoms with Gasteiger partial charge in [0.15, 0.2) is 15.8 Å². The smallest absolute Gasteiger partial charge is 0.301 e. The van der Waals surface area contributed by atoms with Gasteiger partial charge in [0.25, 0.3) is 5.78 Å². The van der Waals surface area contributed by atoms with Crippen molar-refractivity contribution in [2.45, 2.75) is 22.7 Å². The molecule has 0 bridgehead atoms. The second-order valence-electron chi connectivity index (χ2n) is 10.6. The molecule has 7 rings (SSSR count). The lowest BCUT2D eigenvalue weighted by Crippen LogP contribution is -2.29. The summed E-state index contributed by atoms with van der Waals surface area (Å²) < 4.78 is 18.0. The van der Waals surface area contributed by atoms with Gasteiger partial charge in [0.2, 0.25) is 5.13 Å². The molecule has 5 aromatic rings. The van der Waals surface area contributed by atoms with E-state index in [0.717, 1.165) is 11.1 Å². The van der Waals surface area contributed by atoms with Crippen LogP contribution in [0.25, 0.3) is 5.76 Å². The largest absolute Gasteiger partial charge is 0.507 e. The lowest BCUT2D eigenvalue weighted by atomic mass is 9.95. The van der Waals surface area contributed by atoms with Gasteiger partial charge >= 0.3 is 5.91 Å². The van der Waals surface area contributed by atoms with Crippen LogP contribution in [0.1, 0.15) is 28.3 Å². The molecule has 2 aliphatic heterocycles. The fourth-order valence-electron chi connectivity index (χ4n) is 5.32. The molecule has 9 nitrogen and oxygen atoms in total. The van der Waals surface area contributed by atoms with Crippen LogP contribution >= 0.6 is 34.7 Å². The number of hydrogen-bond donors (Lipinski definition) is 1. The topological polar surface area (TPSA) is 111 Å². The number of anilines is 1. The van der Waals surface area contributed by atoms with Crippen LogP contribution in [0.4, 0.5) is 5.13 Å². The predicted octanol–water partition coefficient (Wildman–Crippen LogP) is 7.46. The summed E-state index contributed by atoms with van der Waals surface area (Å²) in [7, 11) is 0. The summed E-state index contributed by atoms with van der Waals surface area (Å²) in [6, 6.07) is 28.3. The highest BCUT2D eigenvalue weighted by Gasteiger charge is 2.48. The Morgan fingerprint density at radius 1 is 0.936 bits per heavy atom. The fraction of sp³-hybridized carbons (Fsp3) is 0.143. The Bertz CT molecular complexity index is 2000. The van der Waals surface area contributed by atoms with Crippen molar-refractivity contribution in [2.75, 3.05) is 18.1 Å². The van der Waals surface area contributed by atoms with Gasteiger partial charge in [-0.2, -0.15) is 0 Å². The molecule has 0 spiro atoms. The lowest BCUT2D eigenvalue weighted by molar-refractivity contribution is -0.132. The van der Waals surface area contributed by atoms with Crippen molar-refractivity contribution < 1.29 is 28.9 Å². The monoisotopic (exact) mass is 683 g/mol. The highest BCUT2D eigenvalue weighted by Crippen LogP contribution is 2.45. The summed E-state index contributed by atoms with van der Waals surface area (Å²) in [6.45, 7) is 1.09. The first-order valence-electron chi connectivity index (χ1n) is 14.6. The Balaban J connectivity index is 1.26. The van der Waals surface area contributed by atoms with Crippen molar-refractivity contribution in [3.63, 3.8) is 0 Å². The Morgan fingerprint density at radius 2 is 1.72 bits per heavy atom. The van der Waals surface area contributed by atoms with Crippen molar-refractivity contribution in [3.05, 3.63) is 130 Å². The number of aliphatic hydroxyl groups is 1. The van der Waals surface area contributed by atoms with E-state index in [1.54, 1.807) is 42.5 Å². The van der Waals surface area contributed by atoms with Gasteiger partial charge in [0.1, 0.15) is 31.3 Å². The normalized spacial score (nSPS) is 16.8. The van der Waals surface area contributed by atoms with Crippen molar-refractivity contribution in [2.24, 2.45) is 0 Å². The SMILES string of the molecule is O=C1C(=O)N(c2nnc(SCc3ccccc3Cl)s2)[C@H](c2cccc(OCc3ccccc3)c2)/C1=C(\O)c1ccc2c(c1)OCCO2. The summed E-state index contributed by atoms with van der Waals surface area (Å²) in [5, 5.41) is 21.1. The molecule has 2 aliphatic rings. The van der Waals surface area contributed by atoms with Crippen LogP contribution in [0, 0.1) is 0 Å². The lowest BCUT2D eigenvalue weighted by Gasteiger charge is -2.23. The third-order valence-corrected chi connectivity index (χ3v) is 10.1. The zero-order valence-electron chi connectivity index (χ0n) is 24.7. The van der Waals surface area contributed by atoms with E-state index in [1.807, 2.05) is 54.6 Å². The van der Waals surface area contributed by atoms with Crippen LogP contribution < -0.4 is 19.1 Å². The summed E-state index contributed by atoms with van der Waals surface area (Å²) >= 11 is 8.94. The number of ketones is 1. The van der Waals surface area contributed by atoms with E-state index in [0.29, 0.717) is 63.3 Å². The molecule has 12 heteroatoms. The standard InChI is InChI=1S/C35H26ClN3O6S2/c36-26-12-5-4-9-24(26)20-46-35-38-37-34(47-35)39-30(22-10-6-11-25(17-22)45-19-21-7-2-1-3-8-21)29(32(41)33(39)42)31(40)23-13-14-27-28(18-23)44-16-15-43-27/h1-14,17-18,30,40H,15-16,19-20H2/b31-29+/t30-/m1/s1. The fourth-order valence-corrected chi connectivity index (χ4v) is 7.47. The van der Waals surface area contributed by atoms with Gasteiger partial charge in [0, 0.05) is 16.3 Å². The first kappa shape index (κ1) is 30.8. The van der Waals surface area contributed by atoms with Crippen molar-refractivity contribution in [1.82, 2.24) is 10.2 Å². The molecule has 1 saturated heterocycles. The van der Waals surface area contributed by atoms with Gasteiger partial charge in [-0.1, -0.05) is 95.4 Å². The number of ether oxygens (including phenoxy) is 3. The van der Waals surface area contributed by atoms with Crippen LogP contribution in [0.5, 0.6) is 17.2 Å². The molecule has 1 amide bonds. The summed E-state index contributed by atoms with van der Waals surface area (Å²) in [4.78, 5) is 28.8. The second kappa shape index (κ2) is 13.5. The molecule has 0 aliphatic carbocycles. The number of benzene rings is 4. The number of aromatic nitrogens is 2. The van der Waals surface area contributed by atoms with Crippen molar-refractivity contribution in [1.29, 1.82) is 0 Å². The van der Waals surface area contributed by atoms with Crippen LogP contribution in [0.2, 0.25) is 5.02 Å². The maximum atomic E-state index is 13.8. The number of thioether (sulfide) groups is 1. The van der Waals surface area contributed by atoms with Crippen LogP contribution in [-0.2, 0) is 21.9 Å². The zero-order valence-corrected chi connectivity index (χ0v) is 27.1. The Kier molecular flexibility index (Phi) is 8.84. The molecule has 1 fully saturated rings. The Labute approximate surface area is 283 Å². The average molecular weight is 684 g/mol. The number of Topliss-reactive ketones (excluding diaryl/α,β-unsaturated/α-hetero) is 1. The molecular formula is C35H26ClN3O6S2. The minimum atomic E-state index is -1.02. The number of carbonyl (C=O) groups excluding carboxylic acids is 2. The molecule has 47 heavy (non-hydrogen) atoms. The highest BCUT2D eigenvalue weighted by atomic mass is 35.5. The van der Waals surface area contributed by atoms with Crippen LogP contribution in [-0.4, -0.2) is 40.2 Å². The molecule has 1 N–H and O–H groups in total. The minimum absolute atomic E-state index is 0.0904. The minimum Gasteiger partial charge on any atom is -0.507 e.